The summed E-state index contributed by atoms with van der Waals surface area (Å²) in [6.45, 7) is 3.52. The second-order valence-corrected chi connectivity index (χ2v) is 5.57. The van der Waals surface area contributed by atoms with Crippen LogP contribution in [0.1, 0.15) is 25.3 Å². The third-order valence-corrected chi connectivity index (χ3v) is 4.04. The Morgan fingerprint density at radius 2 is 1.90 bits per heavy atom. The van der Waals surface area contributed by atoms with Gasteiger partial charge in [0, 0.05) is 58.5 Å². The molecule has 1 aromatic heterocycles. The summed E-state index contributed by atoms with van der Waals surface area (Å²) in [6.07, 6.45) is 3.35. The number of aromatic nitrogens is 2. The van der Waals surface area contributed by atoms with Crippen molar-refractivity contribution in [3.8, 4) is 0 Å². The molecule has 0 spiro atoms. The summed E-state index contributed by atoms with van der Waals surface area (Å²) < 4.78 is 2.53. The molecule has 116 valence electrons. The van der Waals surface area contributed by atoms with E-state index in [-0.39, 0.29) is 17.2 Å². The second-order valence-electron chi connectivity index (χ2n) is 5.57. The van der Waals surface area contributed by atoms with Crippen LogP contribution < -0.4 is 16.6 Å². The van der Waals surface area contributed by atoms with E-state index in [0.29, 0.717) is 18.2 Å². The van der Waals surface area contributed by atoms with Crippen LogP contribution in [0.25, 0.3) is 0 Å². The third-order valence-electron chi connectivity index (χ3n) is 4.04. The fraction of sp³-hybridized carbons (Fsp3) is 0.643. The van der Waals surface area contributed by atoms with Gasteiger partial charge in [0.05, 0.1) is 0 Å². The molecule has 21 heavy (non-hydrogen) atoms. The predicted molar refractivity (Wildman–Crippen MR) is 79.0 cm³/mol. The average molecular weight is 294 g/mol. The van der Waals surface area contributed by atoms with Crippen LogP contribution in [0.4, 0.5) is 0 Å². The molecule has 7 heteroatoms. The van der Waals surface area contributed by atoms with Crippen molar-refractivity contribution in [2.75, 3.05) is 13.1 Å². The molecule has 1 amide bonds. The number of carbonyl (C=O) groups excluding carboxylic acids is 1. The first-order valence-electron chi connectivity index (χ1n) is 7.14. The van der Waals surface area contributed by atoms with Crippen molar-refractivity contribution in [3.05, 3.63) is 32.6 Å². The van der Waals surface area contributed by atoms with E-state index in [1.54, 1.807) is 20.2 Å². The number of nitrogens with zero attached hydrogens (tertiary/aromatic N) is 3. The summed E-state index contributed by atoms with van der Waals surface area (Å²) in [4.78, 5) is 36.7. The van der Waals surface area contributed by atoms with Crippen molar-refractivity contribution in [2.45, 2.75) is 32.4 Å². The van der Waals surface area contributed by atoms with Crippen molar-refractivity contribution in [3.63, 3.8) is 0 Å². The van der Waals surface area contributed by atoms with Gasteiger partial charge in [-0.25, -0.2) is 4.79 Å². The fourth-order valence-corrected chi connectivity index (χ4v) is 2.66. The molecule has 1 N–H and O–H groups in total. The smallest absolute Gasteiger partial charge is 0.330 e. The first-order valence-corrected chi connectivity index (χ1v) is 7.14. The maximum Gasteiger partial charge on any atom is 0.330 e. The molecule has 0 atom stereocenters. The molecule has 7 nitrogen and oxygen atoms in total. The number of hydrogen-bond donors (Lipinski definition) is 1. The van der Waals surface area contributed by atoms with Gasteiger partial charge in [0.25, 0.3) is 5.56 Å². The molecule has 0 saturated carbocycles. The van der Waals surface area contributed by atoms with Gasteiger partial charge in [0.2, 0.25) is 5.91 Å². The van der Waals surface area contributed by atoms with E-state index < -0.39 is 0 Å². The molecule has 1 aromatic rings. The molecule has 0 bridgehead atoms. The van der Waals surface area contributed by atoms with Crippen LogP contribution in [0, 0.1) is 0 Å². The van der Waals surface area contributed by atoms with Crippen LogP contribution in [-0.4, -0.2) is 39.1 Å². The Balaban J connectivity index is 1.98. The summed E-state index contributed by atoms with van der Waals surface area (Å²) in [6, 6.07) is 0.294. The first-order chi connectivity index (χ1) is 9.90. The highest BCUT2D eigenvalue weighted by Crippen LogP contribution is 2.10. The molecule has 2 heterocycles. The predicted octanol–water partition coefficient (Wildman–Crippen LogP) is -0.815. The zero-order valence-corrected chi connectivity index (χ0v) is 12.8. The van der Waals surface area contributed by atoms with Gasteiger partial charge in [0.1, 0.15) is 0 Å². The normalized spacial score (nSPS) is 16.2. The number of carbonyl (C=O) groups is 1. The third kappa shape index (κ3) is 3.41. The van der Waals surface area contributed by atoms with Gasteiger partial charge < -0.3 is 14.8 Å². The maximum absolute atomic E-state index is 12.0. The van der Waals surface area contributed by atoms with E-state index in [0.717, 1.165) is 30.5 Å². The molecule has 1 saturated heterocycles. The van der Waals surface area contributed by atoms with Gasteiger partial charge in [0.15, 0.2) is 0 Å². The Kier molecular flexibility index (Phi) is 4.62. The number of aryl methyl sites for hydroxylation is 1. The Morgan fingerprint density at radius 1 is 1.29 bits per heavy atom. The number of amides is 1. The van der Waals surface area contributed by atoms with Gasteiger partial charge in [-0.15, -0.1) is 0 Å². The molecule has 1 fully saturated rings. The zero-order chi connectivity index (χ0) is 15.6. The summed E-state index contributed by atoms with van der Waals surface area (Å²) in [5, 5.41) is 3.35. The van der Waals surface area contributed by atoms with Crippen LogP contribution in [0.3, 0.4) is 0 Å². The van der Waals surface area contributed by atoms with E-state index in [4.69, 9.17) is 0 Å². The van der Waals surface area contributed by atoms with Crippen molar-refractivity contribution >= 4 is 5.91 Å². The lowest BCUT2D eigenvalue weighted by Gasteiger charge is -2.31. The molecule has 1 aliphatic heterocycles. The van der Waals surface area contributed by atoms with Crippen LogP contribution in [-0.2, 0) is 25.4 Å². The Labute approximate surface area is 123 Å². The van der Waals surface area contributed by atoms with Crippen LogP contribution in [0.5, 0.6) is 0 Å². The molecule has 0 radical (unpaired) electrons. The first kappa shape index (κ1) is 15.5. The molecule has 0 unspecified atom stereocenters. The highest BCUT2D eigenvalue weighted by Gasteiger charge is 2.20. The maximum atomic E-state index is 12.0. The van der Waals surface area contributed by atoms with Gasteiger partial charge >= 0.3 is 5.69 Å². The van der Waals surface area contributed by atoms with E-state index in [1.807, 2.05) is 4.90 Å². The Hall–Kier alpha value is -1.89. The van der Waals surface area contributed by atoms with E-state index >= 15 is 0 Å². The molecule has 0 aliphatic carbocycles. The number of hydrogen-bond acceptors (Lipinski definition) is 4. The highest BCUT2D eigenvalue weighted by molar-refractivity contribution is 5.73. The van der Waals surface area contributed by atoms with Crippen LogP contribution in [0.2, 0.25) is 0 Å². The second kappa shape index (κ2) is 6.26. The summed E-state index contributed by atoms with van der Waals surface area (Å²) >= 11 is 0. The van der Waals surface area contributed by atoms with Crippen molar-refractivity contribution in [2.24, 2.45) is 14.1 Å². The van der Waals surface area contributed by atoms with Crippen LogP contribution >= 0.6 is 0 Å². The Morgan fingerprint density at radius 3 is 2.48 bits per heavy atom. The summed E-state index contributed by atoms with van der Waals surface area (Å²) in [5.74, 6) is 0.111. The number of piperidine rings is 1. The monoisotopic (exact) mass is 294 g/mol. The molecular weight excluding hydrogens is 272 g/mol. The number of nitrogens with one attached hydrogen (secondary N) is 1. The molecule has 0 aromatic carbocycles. The minimum atomic E-state index is -0.321. The fourth-order valence-electron chi connectivity index (χ4n) is 2.66. The lowest BCUT2D eigenvalue weighted by atomic mass is 10.0. The minimum Gasteiger partial charge on any atom is -0.343 e. The largest absolute Gasteiger partial charge is 0.343 e. The average Bonchev–Trinajstić information content (AvgIpc) is 2.48. The minimum absolute atomic E-state index is 0.111. The van der Waals surface area contributed by atoms with Gasteiger partial charge in [-0.3, -0.25) is 14.2 Å². The Bertz CT molecular complexity index is 639. The zero-order valence-electron chi connectivity index (χ0n) is 12.8. The van der Waals surface area contributed by atoms with Crippen molar-refractivity contribution in [1.29, 1.82) is 0 Å². The topological polar surface area (TPSA) is 76.3 Å². The standard InChI is InChI=1S/C14H22N4O3/c1-10(19)18-6-4-12(5-7-18)15-8-11-9-16(2)14(21)17(3)13(11)20/h9,12,15H,4-8H2,1-3H3. The lowest BCUT2D eigenvalue weighted by Crippen LogP contribution is -2.45. The van der Waals surface area contributed by atoms with Crippen molar-refractivity contribution in [1.82, 2.24) is 19.4 Å². The number of likely N-dealkylation sites (tertiary alicyclic amines) is 1. The summed E-state index contributed by atoms with van der Waals surface area (Å²) in [7, 11) is 3.12. The van der Waals surface area contributed by atoms with Gasteiger partial charge in [-0.1, -0.05) is 0 Å². The molecule has 1 aliphatic rings. The molecular formula is C14H22N4O3. The van der Waals surface area contributed by atoms with E-state index in [2.05, 4.69) is 5.32 Å². The van der Waals surface area contributed by atoms with Gasteiger partial charge in [-0.2, -0.15) is 0 Å². The SMILES string of the molecule is CC(=O)N1CCC(NCc2cn(C)c(=O)n(C)c2=O)CC1. The van der Waals surface area contributed by atoms with E-state index in [9.17, 15) is 14.4 Å². The van der Waals surface area contributed by atoms with Crippen LogP contribution in [0.15, 0.2) is 15.8 Å². The molecule has 2 rings (SSSR count). The van der Waals surface area contributed by atoms with E-state index in [1.165, 1.54) is 11.6 Å². The quantitative estimate of drug-likeness (QED) is 0.790. The van der Waals surface area contributed by atoms with Gasteiger partial charge in [-0.05, 0) is 12.8 Å². The lowest BCUT2D eigenvalue weighted by molar-refractivity contribution is -0.129. The highest BCUT2D eigenvalue weighted by atomic mass is 16.2. The number of rotatable bonds is 3. The summed E-state index contributed by atoms with van der Waals surface area (Å²) in [5.41, 5.74) is -0.00103. The van der Waals surface area contributed by atoms with Crippen molar-refractivity contribution < 1.29 is 4.79 Å².